The normalized spacial score (nSPS) is 12.6. The first kappa shape index (κ1) is 56.7. The second-order valence-electron chi connectivity index (χ2n) is 16.6. The summed E-state index contributed by atoms with van der Waals surface area (Å²) in [4.78, 5) is 36.5. The summed E-state index contributed by atoms with van der Waals surface area (Å²) in [5.41, 5.74) is 1.75. The number of quaternary nitrogens is 1. The van der Waals surface area contributed by atoms with E-state index in [2.05, 4.69) is 47.2 Å². The molecule has 2 aromatic rings. The SMILES string of the molecule is CCCCCCCCCCCCCCCCCOCOCC(COP(=O)(O)OCC[N+](C)(C)C)OCOCCNC(=O)Cc1c(C)n(C(=O)C#CC#CC#CCl)c2ccc(OC)cc12. The van der Waals surface area contributed by atoms with Crippen molar-refractivity contribution in [3.8, 4) is 40.7 Å². The number of aromatic nitrogens is 1. The van der Waals surface area contributed by atoms with Crippen molar-refractivity contribution in [1.82, 2.24) is 9.88 Å². The zero-order valence-electron chi connectivity index (χ0n) is 39.2. The molecule has 2 unspecified atom stereocenters. The average Bonchev–Trinajstić information content (AvgIpc) is 3.52. The fourth-order valence-electron chi connectivity index (χ4n) is 6.65. The van der Waals surface area contributed by atoms with Crippen LogP contribution in [-0.2, 0) is 43.8 Å². The highest BCUT2D eigenvalue weighted by molar-refractivity contribution is 7.47. The fraction of sp³-hybridized carbons (Fsp3) is 0.667. The third-order valence-electron chi connectivity index (χ3n) is 10.2. The second-order valence-corrected chi connectivity index (χ2v) is 18.2. The number of amides is 1. The lowest BCUT2D eigenvalue weighted by Gasteiger charge is -2.24. The Morgan fingerprint density at radius 1 is 0.812 bits per heavy atom. The molecule has 1 aromatic carbocycles. The highest BCUT2D eigenvalue weighted by atomic mass is 35.5. The first-order chi connectivity index (χ1) is 30.8. The Morgan fingerprint density at radius 2 is 1.44 bits per heavy atom. The van der Waals surface area contributed by atoms with E-state index in [1.54, 1.807) is 25.1 Å². The Morgan fingerprint density at radius 3 is 2.06 bits per heavy atom. The van der Waals surface area contributed by atoms with Crippen molar-refractivity contribution in [1.29, 1.82) is 0 Å². The lowest BCUT2D eigenvalue weighted by Crippen LogP contribution is -2.37. The van der Waals surface area contributed by atoms with Crippen molar-refractivity contribution in [2.24, 2.45) is 0 Å². The minimum atomic E-state index is -4.35. The third kappa shape index (κ3) is 25.9. The van der Waals surface area contributed by atoms with E-state index in [1.165, 1.54) is 95.1 Å². The van der Waals surface area contributed by atoms with Crippen LogP contribution in [0.4, 0.5) is 0 Å². The number of nitrogens with one attached hydrogen (secondary N) is 1. The van der Waals surface area contributed by atoms with Gasteiger partial charge in [-0.2, -0.15) is 0 Å². The van der Waals surface area contributed by atoms with Crippen LogP contribution in [0.1, 0.15) is 119 Å². The van der Waals surface area contributed by atoms with Crippen LogP contribution in [0.5, 0.6) is 5.75 Å². The highest BCUT2D eigenvalue weighted by Gasteiger charge is 2.25. The number of hydrogen-bond acceptors (Lipinski definition) is 10. The number of unbranched alkanes of at least 4 members (excludes halogenated alkanes) is 14. The van der Waals surface area contributed by atoms with Crippen molar-refractivity contribution < 1.29 is 56.3 Å². The summed E-state index contributed by atoms with van der Waals surface area (Å²) in [5.74, 6) is 11.9. The zero-order valence-corrected chi connectivity index (χ0v) is 40.9. The standard InChI is InChI=1S/C48H73ClN3O11P/c1-7-8-9-10-11-12-13-14-15-16-17-18-19-22-25-32-58-39-60-37-43(38-63-64(55,56)62-34-31-52(3,4)5)61-40-59-33-30-50-47(53)36-44-41(2)51(48(54)26-23-20-21-24-29-49)46-28-27-42(57-6)35-45(44)46/h27-28,35,43H,7-19,22,25,30-34,36-40H2,1-6H3,(H-,50,53,55,56)/p+1. The Labute approximate surface area is 387 Å². The molecule has 2 N–H and O–H groups in total. The molecule has 0 saturated heterocycles. The lowest BCUT2D eigenvalue weighted by molar-refractivity contribution is -0.870. The Bertz CT molecular complexity index is 1900. The smallest absolute Gasteiger partial charge is 0.472 e. The number of carbonyl (C=O) groups is 2. The molecule has 2 atom stereocenters. The molecule has 358 valence electrons. The summed E-state index contributed by atoms with van der Waals surface area (Å²) < 4.78 is 53.1. The molecule has 64 heavy (non-hydrogen) atoms. The van der Waals surface area contributed by atoms with E-state index in [9.17, 15) is 19.0 Å². The van der Waals surface area contributed by atoms with Gasteiger partial charge in [-0.3, -0.25) is 23.2 Å². The molecular weight excluding hydrogens is 861 g/mol. The summed E-state index contributed by atoms with van der Waals surface area (Å²) in [7, 11) is 3.02. The minimum Gasteiger partial charge on any atom is -0.497 e. The molecule has 0 aliphatic rings. The number of nitrogens with zero attached hydrogens (tertiary/aromatic N) is 2. The van der Waals surface area contributed by atoms with Crippen LogP contribution in [0.3, 0.4) is 0 Å². The molecule has 0 saturated carbocycles. The zero-order chi connectivity index (χ0) is 46.9. The van der Waals surface area contributed by atoms with Crippen LogP contribution in [0.25, 0.3) is 10.9 Å². The Kier molecular flexibility index (Phi) is 30.1. The molecule has 0 radical (unpaired) electrons. The number of hydrogen-bond donors (Lipinski definition) is 2. The van der Waals surface area contributed by atoms with Gasteiger partial charge in [0.2, 0.25) is 5.91 Å². The topological polar surface area (TPSA) is 153 Å². The number of likely N-dealkylation sites (N-methyl/N-ethyl adjacent to an activating group) is 1. The number of carbonyl (C=O) groups excluding carboxylic acids is 2. The van der Waals surface area contributed by atoms with E-state index >= 15 is 0 Å². The third-order valence-corrected chi connectivity index (χ3v) is 11.3. The van der Waals surface area contributed by atoms with Crippen molar-refractivity contribution in [2.75, 3.05) is 88.0 Å². The molecule has 0 aliphatic heterocycles. The largest absolute Gasteiger partial charge is 0.497 e. The van der Waals surface area contributed by atoms with Crippen molar-refractivity contribution >= 4 is 42.1 Å². The summed E-state index contributed by atoms with van der Waals surface area (Å²) >= 11 is 5.29. The van der Waals surface area contributed by atoms with E-state index in [0.29, 0.717) is 45.5 Å². The summed E-state index contributed by atoms with van der Waals surface area (Å²) in [6.07, 6.45) is 18.6. The number of rotatable bonds is 36. The number of phosphoric ester groups is 1. The maximum absolute atomic E-state index is 13.1. The molecule has 14 nitrogen and oxygen atoms in total. The maximum atomic E-state index is 13.1. The highest BCUT2D eigenvalue weighted by Crippen LogP contribution is 2.43. The number of phosphoric acid groups is 1. The predicted octanol–water partition coefficient (Wildman–Crippen LogP) is 8.52. The van der Waals surface area contributed by atoms with Crippen LogP contribution in [0.15, 0.2) is 18.2 Å². The van der Waals surface area contributed by atoms with Crippen molar-refractivity contribution in [3.63, 3.8) is 0 Å². The van der Waals surface area contributed by atoms with Crippen molar-refractivity contribution in [3.05, 3.63) is 29.5 Å². The Hall–Kier alpha value is -3.42. The first-order valence-corrected chi connectivity index (χ1v) is 24.6. The van der Waals surface area contributed by atoms with E-state index in [4.69, 9.17) is 44.3 Å². The van der Waals surface area contributed by atoms with Gasteiger partial charge in [0.1, 0.15) is 38.6 Å². The molecule has 0 spiro atoms. The monoisotopic (exact) mass is 934 g/mol. The van der Waals surface area contributed by atoms with Gasteiger partial charge in [0.15, 0.2) is 0 Å². The molecule has 16 heteroatoms. The van der Waals surface area contributed by atoms with Gasteiger partial charge < -0.3 is 38.4 Å². The van der Waals surface area contributed by atoms with Crippen LogP contribution < -0.4 is 10.1 Å². The number of fused-ring (bicyclic) bond motifs is 1. The maximum Gasteiger partial charge on any atom is 0.472 e. The molecular formula is C48H74ClN3O11P+. The molecule has 1 amide bonds. The molecule has 1 heterocycles. The Balaban J connectivity index is 1.78. The van der Waals surface area contributed by atoms with Crippen LogP contribution >= 0.6 is 19.4 Å². The molecule has 1 aromatic heterocycles. The van der Waals surface area contributed by atoms with E-state index < -0.39 is 19.8 Å². The average molecular weight is 936 g/mol. The van der Waals surface area contributed by atoms with Gasteiger partial charge in [0.05, 0.1) is 60.0 Å². The van der Waals surface area contributed by atoms with E-state index in [-0.39, 0.29) is 58.9 Å². The number of methoxy groups -OCH3 is 1. The van der Waals surface area contributed by atoms with Gasteiger partial charge in [-0.15, -0.1) is 0 Å². The van der Waals surface area contributed by atoms with Gasteiger partial charge in [0, 0.05) is 47.4 Å². The van der Waals surface area contributed by atoms with Crippen molar-refractivity contribution in [2.45, 2.75) is 123 Å². The fourth-order valence-corrected chi connectivity index (χ4v) is 7.44. The van der Waals surface area contributed by atoms with E-state index in [0.717, 1.165) is 12.8 Å². The molecule has 0 aliphatic carbocycles. The number of benzene rings is 1. The number of ether oxygens (including phenoxy) is 5. The van der Waals surface area contributed by atoms with Gasteiger partial charge in [0.25, 0.3) is 0 Å². The minimum absolute atomic E-state index is 0.0137. The lowest BCUT2D eigenvalue weighted by atomic mass is 10.0. The molecule has 0 fully saturated rings. The first-order valence-electron chi connectivity index (χ1n) is 22.7. The van der Waals surface area contributed by atoms with Gasteiger partial charge >= 0.3 is 13.7 Å². The van der Waals surface area contributed by atoms with Crippen LogP contribution in [0.2, 0.25) is 0 Å². The predicted molar refractivity (Wildman–Crippen MR) is 252 cm³/mol. The summed E-state index contributed by atoms with van der Waals surface area (Å²) in [6.45, 7) is 4.93. The van der Waals surface area contributed by atoms with Crippen LogP contribution in [-0.4, -0.2) is 120 Å². The summed E-state index contributed by atoms with van der Waals surface area (Å²) in [5, 5.41) is 5.62. The molecule has 0 bridgehead atoms. The molecule has 2 rings (SSSR count). The quantitative estimate of drug-likeness (QED) is 0.0222. The number of halogens is 1. The van der Waals surface area contributed by atoms with Gasteiger partial charge in [-0.05, 0) is 60.5 Å². The van der Waals surface area contributed by atoms with E-state index in [1.807, 2.05) is 21.1 Å². The summed E-state index contributed by atoms with van der Waals surface area (Å²) in [6, 6.07) is 5.22. The van der Waals surface area contributed by atoms with Crippen LogP contribution in [0, 0.1) is 41.9 Å². The second kappa shape index (κ2) is 34.0. The van der Waals surface area contributed by atoms with Gasteiger partial charge in [-0.25, -0.2) is 4.57 Å². The van der Waals surface area contributed by atoms with Gasteiger partial charge in [-0.1, -0.05) is 96.8 Å².